The highest BCUT2D eigenvalue weighted by Gasteiger charge is 2.20. The quantitative estimate of drug-likeness (QED) is 0.778. The first kappa shape index (κ1) is 13.6. The molecule has 1 amide bonds. The van der Waals surface area contributed by atoms with Gasteiger partial charge in [-0.3, -0.25) is 4.79 Å². The topological polar surface area (TPSA) is 81.2 Å². The summed E-state index contributed by atoms with van der Waals surface area (Å²) in [4.78, 5) is 17.9. The number of fused-ring (bicyclic) bond motifs is 1. The largest absolute Gasteiger partial charge is 0.464 e. The van der Waals surface area contributed by atoms with E-state index in [1.54, 1.807) is 12.3 Å². The van der Waals surface area contributed by atoms with Crippen LogP contribution in [0.25, 0.3) is 10.2 Å². The van der Waals surface area contributed by atoms with Gasteiger partial charge in [-0.05, 0) is 38.1 Å². The van der Waals surface area contributed by atoms with Gasteiger partial charge in [0.2, 0.25) is 0 Å². The predicted molar refractivity (Wildman–Crippen MR) is 83.4 cm³/mol. The number of furan rings is 1. The third-order valence-electron chi connectivity index (χ3n) is 3.25. The van der Waals surface area contributed by atoms with Crippen LogP contribution in [0.15, 0.2) is 34.9 Å². The summed E-state index contributed by atoms with van der Waals surface area (Å²) < 4.78 is 5.52. The molecule has 0 bridgehead atoms. The number of pyridine rings is 1. The summed E-state index contributed by atoms with van der Waals surface area (Å²) in [5.41, 5.74) is 6.52. The number of carbonyl (C=O) groups is 1. The van der Waals surface area contributed by atoms with Gasteiger partial charge in [-0.15, -0.1) is 11.3 Å². The molecule has 108 valence electrons. The Morgan fingerprint density at radius 2 is 2.24 bits per heavy atom. The van der Waals surface area contributed by atoms with Gasteiger partial charge in [0.05, 0.1) is 11.7 Å². The SMILES string of the molecule is Cc1ccc(C(C)NC(=O)c2sc3ncccc3c2N)o1. The smallest absolute Gasteiger partial charge is 0.264 e. The number of anilines is 1. The number of thiophene rings is 1. The maximum Gasteiger partial charge on any atom is 0.264 e. The molecule has 1 atom stereocenters. The second-order valence-corrected chi connectivity index (χ2v) is 5.84. The van der Waals surface area contributed by atoms with E-state index in [1.165, 1.54) is 11.3 Å². The molecular formula is C15H15N3O2S. The first-order valence-corrected chi connectivity index (χ1v) is 7.38. The summed E-state index contributed by atoms with van der Waals surface area (Å²) in [5.74, 6) is 1.33. The highest BCUT2D eigenvalue weighted by molar-refractivity contribution is 7.21. The van der Waals surface area contributed by atoms with E-state index >= 15 is 0 Å². The Morgan fingerprint density at radius 3 is 2.90 bits per heavy atom. The van der Waals surface area contributed by atoms with Crippen LogP contribution in [0, 0.1) is 6.92 Å². The number of nitrogen functional groups attached to an aromatic ring is 1. The zero-order valence-electron chi connectivity index (χ0n) is 11.7. The number of nitrogens with zero attached hydrogens (tertiary/aromatic N) is 1. The van der Waals surface area contributed by atoms with Crippen LogP contribution >= 0.6 is 11.3 Å². The van der Waals surface area contributed by atoms with E-state index in [4.69, 9.17) is 10.2 Å². The van der Waals surface area contributed by atoms with E-state index in [-0.39, 0.29) is 11.9 Å². The number of hydrogen-bond acceptors (Lipinski definition) is 5. The molecule has 3 aromatic rings. The Morgan fingerprint density at radius 1 is 1.43 bits per heavy atom. The fraction of sp³-hybridized carbons (Fsp3) is 0.200. The molecule has 5 nitrogen and oxygen atoms in total. The van der Waals surface area contributed by atoms with Crippen LogP contribution in [-0.2, 0) is 0 Å². The maximum absolute atomic E-state index is 12.4. The van der Waals surface area contributed by atoms with Crippen molar-refractivity contribution in [2.75, 3.05) is 5.73 Å². The van der Waals surface area contributed by atoms with Gasteiger partial charge in [-0.2, -0.15) is 0 Å². The molecule has 3 aromatic heterocycles. The molecule has 0 aliphatic heterocycles. The van der Waals surface area contributed by atoms with Crippen molar-refractivity contribution in [1.29, 1.82) is 0 Å². The minimum absolute atomic E-state index is 0.211. The average Bonchev–Trinajstić information content (AvgIpc) is 3.04. The molecule has 21 heavy (non-hydrogen) atoms. The highest BCUT2D eigenvalue weighted by Crippen LogP contribution is 2.32. The Bertz CT molecular complexity index is 806. The molecule has 0 aliphatic carbocycles. The minimum atomic E-state index is -0.219. The number of carbonyl (C=O) groups excluding carboxylic acids is 1. The standard InChI is InChI=1S/C15H15N3O2S/c1-8-5-6-11(20-8)9(2)18-14(19)13-12(16)10-4-3-7-17-15(10)21-13/h3-7,9H,16H2,1-2H3,(H,18,19). The van der Waals surface area contributed by atoms with Gasteiger partial charge in [0, 0.05) is 11.6 Å². The lowest BCUT2D eigenvalue weighted by atomic mass is 10.2. The molecular weight excluding hydrogens is 286 g/mol. The summed E-state index contributed by atoms with van der Waals surface area (Å²) >= 11 is 1.30. The third-order valence-corrected chi connectivity index (χ3v) is 4.37. The lowest BCUT2D eigenvalue weighted by molar-refractivity contribution is 0.0940. The third kappa shape index (κ3) is 2.50. The number of hydrogen-bond donors (Lipinski definition) is 2. The van der Waals surface area contributed by atoms with Crippen molar-refractivity contribution in [3.8, 4) is 0 Å². The summed E-state index contributed by atoms with van der Waals surface area (Å²) in [6.07, 6.45) is 1.69. The van der Waals surface area contributed by atoms with E-state index in [2.05, 4.69) is 10.3 Å². The number of nitrogens with one attached hydrogen (secondary N) is 1. The first-order chi connectivity index (χ1) is 10.1. The Hall–Kier alpha value is -2.34. The van der Waals surface area contributed by atoms with E-state index in [0.717, 1.165) is 21.7 Å². The summed E-state index contributed by atoms with van der Waals surface area (Å²) in [6, 6.07) is 7.18. The molecule has 6 heteroatoms. The van der Waals surface area contributed by atoms with Crippen molar-refractivity contribution in [2.24, 2.45) is 0 Å². The second kappa shape index (κ2) is 5.21. The molecule has 0 spiro atoms. The normalized spacial score (nSPS) is 12.5. The summed E-state index contributed by atoms with van der Waals surface area (Å²) in [6.45, 7) is 3.74. The molecule has 3 rings (SSSR count). The minimum Gasteiger partial charge on any atom is -0.464 e. The van der Waals surface area contributed by atoms with E-state index in [0.29, 0.717) is 10.6 Å². The number of nitrogens with two attached hydrogens (primary N) is 1. The van der Waals surface area contributed by atoms with Crippen molar-refractivity contribution in [3.63, 3.8) is 0 Å². The predicted octanol–water partition coefficient (Wildman–Crippen LogP) is 3.27. The molecule has 0 saturated carbocycles. The first-order valence-electron chi connectivity index (χ1n) is 6.56. The maximum atomic E-state index is 12.4. The number of aromatic nitrogens is 1. The van der Waals surface area contributed by atoms with Crippen molar-refractivity contribution < 1.29 is 9.21 Å². The van der Waals surface area contributed by atoms with Crippen molar-refractivity contribution >= 4 is 33.1 Å². The van der Waals surface area contributed by atoms with Crippen LogP contribution in [-0.4, -0.2) is 10.9 Å². The van der Waals surface area contributed by atoms with Crippen LogP contribution in [0.1, 0.15) is 34.2 Å². The zero-order valence-corrected chi connectivity index (χ0v) is 12.5. The van der Waals surface area contributed by atoms with Gasteiger partial charge in [-0.25, -0.2) is 4.98 Å². The lowest BCUT2D eigenvalue weighted by Crippen LogP contribution is -2.26. The van der Waals surface area contributed by atoms with E-state index in [9.17, 15) is 4.79 Å². The Kier molecular flexibility index (Phi) is 3.39. The molecule has 0 aromatic carbocycles. The molecule has 1 unspecified atom stereocenters. The van der Waals surface area contributed by atoms with Crippen molar-refractivity contribution in [3.05, 3.63) is 46.9 Å². The summed E-state index contributed by atoms with van der Waals surface area (Å²) in [5, 5.41) is 3.71. The molecule has 0 saturated heterocycles. The van der Waals surface area contributed by atoms with Crippen LogP contribution in [0.3, 0.4) is 0 Å². The molecule has 0 radical (unpaired) electrons. The monoisotopic (exact) mass is 301 g/mol. The Balaban J connectivity index is 1.85. The van der Waals surface area contributed by atoms with E-state index in [1.807, 2.05) is 32.0 Å². The van der Waals surface area contributed by atoms with Gasteiger partial charge < -0.3 is 15.5 Å². The fourth-order valence-corrected chi connectivity index (χ4v) is 3.11. The van der Waals surface area contributed by atoms with Crippen LogP contribution in [0.4, 0.5) is 5.69 Å². The Labute approximate surface area is 125 Å². The van der Waals surface area contributed by atoms with Gasteiger partial charge in [-0.1, -0.05) is 0 Å². The van der Waals surface area contributed by atoms with Gasteiger partial charge in [0.15, 0.2) is 0 Å². The number of aryl methyl sites for hydroxylation is 1. The van der Waals surface area contributed by atoms with Crippen LogP contribution in [0.5, 0.6) is 0 Å². The molecule has 0 aliphatic rings. The van der Waals surface area contributed by atoms with Gasteiger partial charge in [0.25, 0.3) is 5.91 Å². The second-order valence-electron chi connectivity index (χ2n) is 4.84. The number of amides is 1. The van der Waals surface area contributed by atoms with Gasteiger partial charge >= 0.3 is 0 Å². The van der Waals surface area contributed by atoms with Crippen LogP contribution in [0.2, 0.25) is 0 Å². The van der Waals surface area contributed by atoms with Crippen molar-refractivity contribution in [2.45, 2.75) is 19.9 Å². The van der Waals surface area contributed by atoms with Crippen molar-refractivity contribution in [1.82, 2.24) is 10.3 Å². The molecule has 3 N–H and O–H groups in total. The lowest BCUT2D eigenvalue weighted by Gasteiger charge is -2.10. The fourth-order valence-electron chi connectivity index (χ4n) is 2.14. The zero-order chi connectivity index (χ0) is 15.0. The highest BCUT2D eigenvalue weighted by atomic mass is 32.1. The van der Waals surface area contributed by atoms with Crippen LogP contribution < -0.4 is 11.1 Å². The van der Waals surface area contributed by atoms with E-state index < -0.39 is 0 Å². The molecule has 3 heterocycles. The molecule has 0 fully saturated rings. The summed E-state index contributed by atoms with van der Waals surface area (Å²) in [7, 11) is 0. The number of rotatable bonds is 3. The van der Waals surface area contributed by atoms with Gasteiger partial charge in [0.1, 0.15) is 21.2 Å². The average molecular weight is 301 g/mol.